The van der Waals surface area contributed by atoms with Crippen LogP contribution in [0.2, 0.25) is 6.04 Å². The number of rotatable bonds is 9. The van der Waals surface area contributed by atoms with Crippen LogP contribution in [0.15, 0.2) is 12.7 Å². The van der Waals surface area contributed by atoms with Crippen molar-refractivity contribution >= 4 is 15.0 Å². The smallest absolute Gasteiger partial charge is 0.316 e. The third-order valence-corrected chi connectivity index (χ3v) is 4.65. The van der Waals surface area contributed by atoms with Gasteiger partial charge in [-0.05, 0) is 19.9 Å². The van der Waals surface area contributed by atoms with Crippen LogP contribution >= 0.6 is 0 Å². The van der Waals surface area contributed by atoms with E-state index >= 15 is 0 Å². The highest BCUT2D eigenvalue weighted by Crippen LogP contribution is 2.10. The van der Waals surface area contributed by atoms with Crippen LogP contribution in [0, 0.1) is 0 Å². The molecular weight excluding hydrogens is 224 g/mol. The molecule has 0 aromatic heterocycles. The molecule has 0 saturated carbocycles. The number of carbonyl (C=O) groups is 1. The molecule has 4 nitrogen and oxygen atoms in total. The van der Waals surface area contributed by atoms with Gasteiger partial charge in [-0.25, -0.2) is 4.79 Å². The molecule has 0 radical (unpaired) electrons. The van der Waals surface area contributed by atoms with E-state index in [2.05, 4.69) is 13.5 Å². The monoisotopic (exact) mass is 246 g/mol. The summed E-state index contributed by atoms with van der Waals surface area (Å²) in [6.45, 7) is 10.4. The van der Waals surface area contributed by atoms with Crippen molar-refractivity contribution in [2.45, 2.75) is 39.1 Å². The zero-order chi connectivity index (χ0) is 12.4. The summed E-state index contributed by atoms with van der Waals surface area (Å²) < 4.78 is 16.3. The molecule has 0 saturated heterocycles. The number of ether oxygens (including phenoxy) is 2. The lowest BCUT2D eigenvalue weighted by molar-refractivity contribution is -0.133. The Morgan fingerprint density at radius 2 is 1.88 bits per heavy atom. The average Bonchev–Trinajstić information content (AvgIpc) is 2.28. The van der Waals surface area contributed by atoms with Gasteiger partial charge in [-0.3, -0.25) is 0 Å². The summed E-state index contributed by atoms with van der Waals surface area (Å²) in [5, 5.41) is 0. The van der Waals surface area contributed by atoms with Crippen molar-refractivity contribution in [3.05, 3.63) is 12.7 Å². The van der Waals surface area contributed by atoms with Crippen molar-refractivity contribution in [2.75, 3.05) is 13.2 Å². The van der Waals surface area contributed by atoms with E-state index in [9.17, 15) is 4.79 Å². The molecule has 1 atom stereocenters. The Kier molecular flexibility index (Phi) is 9.17. The fourth-order valence-electron chi connectivity index (χ4n) is 1.32. The quantitative estimate of drug-likeness (QED) is 0.353. The lowest BCUT2D eigenvalue weighted by atomic mass is 10.6. The number of carbonyl (C=O) groups excluding carboxylic acids is 1. The molecule has 0 rings (SSSR count). The zero-order valence-corrected chi connectivity index (χ0v) is 11.6. The molecule has 1 unspecified atom stereocenters. The van der Waals surface area contributed by atoms with E-state index in [1.165, 1.54) is 6.08 Å². The third-order valence-electron chi connectivity index (χ3n) is 1.97. The molecule has 0 bridgehead atoms. The van der Waals surface area contributed by atoms with E-state index in [0.29, 0.717) is 13.2 Å². The Bertz CT molecular complexity index is 202. The van der Waals surface area contributed by atoms with Gasteiger partial charge in [0.05, 0.1) is 0 Å². The SMILES string of the molecule is C=CC(=O)O[SiH](CCC)C(OCC)OCC. The van der Waals surface area contributed by atoms with Gasteiger partial charge in [0.25, 0.3) is 9.04 Å². The topological polar surface area (TPSA) is 44.8 Å². The summed E-state index contributed by atoms with van der Waals surface area (Å²) in [6.07, 6.45) is 2.14. The number of hydrogen-bond acceptors (Lipinski definition) is 4. The molecule has 0 aliphatic heterocycles. The Morgan fingerprint density at radius 1 is 1.31 bits per heavy atom. The minimum atomic E-state index is -1.82. The summed E-state index contributed by atoms with van der Waals surface area (Å²) in [5.41, 5.74) is 0. The number of hydrogen-bond donors (Lipinski definition) is 0. The first-order chi connectivity index (χ1) is 7.69. The lowest BCUT2D eigenvalue weighted by Gasteiger charge is -2.24. The van der Waals surface area contributed by atoms with Gasteiger partial charge in [0, 0.05) is 19.3 Å². The van der Waals surface area contributed by atoms with E-state index in [-0.39, 0.29) is 11.9 Å². The normalized spacial score (nSPS) is 12.5. The van der Waals surface area contributed by atoms with Gasteiger partial charge in [-0.15, -0.1) is 0 Å². The van der Waals surface area contributed by atoms with Crippen LogP contribution in [0.4, 0.5) is 0 Å². The Morgan fingerprint density at radius 3 is 2.25 bits per heavy atom. The van der Waals surface area contributed by atoms with Crippen LogP contribution in [0.5, 0.6) is 0 Å². The van der Waals surface area contributed by atoms with Gasteiger partial charge >= 0.3 is 5.97 Å². The first-order valence-electron chi connectivity index (χ1n) is 5.75. The molecule has 94 valence electrons. The van der Waals surface area contributed by atoms with Crippen LogP contribution in [0.25, 0.3) is 0 Å². The van der Waals surface area contributed by atoms with Crippen molar-refractivity contribution in [3.63, 3.8) is 0 Å². The lowest BCUT2D eigenvalue weighted by Crippen LogP contribution is -2.39. The molecule has 0 fully saturated rings. The van der Waals surface area contributed by atoms with Crippen LogP contribution in [0.1, 0.15) is 27.2 Å². The van der Waals surface area contributed by atoms with Gasteiger partial charge in [0.2, 0.25) is 0 Å². The molecule has 16 heavy (non-hydrogen) atoms. The predicted molar refractivity (Wildman–Crippen MR) is 65.6 cm³/mol. The average molecular weight is 246 g/mol. The second-order valence-corrected chi connectivity index (χ2v) is 5.68. The molecule has 0 heterocycles. The van der Waals surface area contributed by atoms with Gasteiger partial charge in [0.15, 0.2) is 5.91 Å². The summed E-state index contributed by atoms with van der Waals surface area (Å²) in [6, 6.07) is 0.851. The predicted octanol–water partition coefficient (Wildman–Crippen LogP) is 1.79. The van der Waals surface area contributed by atoms with Gasteiger partial charge < -0.3 is 13.9 Å². The van der Waals surface area contributed by atoms with Crippen LogP contribution < -0.4 is 0 Å². The molecule has 0 aliphatic carbocycles. The Labute approximate surface area is 99.3 Å². The summed E-state index contributed by atoms with van der Waals surface area (Å²) in [4.78, 5) is 11.2. The first kappa shape index (κ1) is 15.3. The summed E-state index contributed by atoms with van der Waals surface area (Å²) in [5.74, 6) is -0.728. The molecule has 5 heteroatoms. The Hall–Kier alpha value is -0.653. The summed E-state index contributed by atoms with van der Waals surface area (Å²) in [7, 11) is -1.82. The van der Waals surface area contributed by atoms with Crippen molar-refractivity contribution in [2.24, 2.45) is 0 Å². The maximum atomic E-state index is 11.2. The highest BCUT2D eigenvalue weighted by molar-refractivity contribution is 6.55. The van der Waals surface area contributed by atoms with Crippen molar-refractivity contribution in [3.8, 4) is 0 Å². The van der Waals surface area contributed by atoms with Crippen molar-refractivity contribution in [1.82, 2.24) is 0 Å². The van der Waals surface area contributed by atoms with Crippen LogP contribution in [0.3, 0.4) is 0 Å². The fourth-order valence-corrected chi connectivity index (χ4v) is 3.60. The van der Waals surface area contributed by atoms with E-state index in [1.54, 1.807) is 0 Å². The third kappa shape index (κ3) is 6.04. The Balaban J connectivity index is 4.41. The van der Waals surface area contributed by atoms with Crippen LogP contribution in [-0.4, -0.2) is 34.1 Å². The maximum Gasteiger partial charge on any atom is 0.316 e. The van der Waals surface area contributed by atoms with Gasteiger partial charge in [-0.1, -0.05) is 19.9 Å². The van der Waals surface area contributed by atoms with E-state index in [4.69, 9.17) is 13.9 Å². The minimum absolute atomic E-state index is 0.348. The van der Waals surface area contributed by atoms with Gasteiger partial charge in [-0.2, -0.15) is 0 Å². The molecule has 0 spiro atoms. The fraction of sp³-hybridized carbons (Fsp3) is 0.727. The highest BCUT2D eigenvalue weighted by atomic mass is 28.3. The van der Waals surface area contributed by atoms with Gasteiger partial charge in [0.1, 0.15) is 0 Å². The second kappa shape index (κ2) is 9.56. The summed E-state index contributed by atoms with van der Waals surface area (Å²) >= 11 is 0. The molecule has 0 aromatic rings. The standard InChI is InChI=1S/C11H22O4Si/c1-5-9-16(15-10(12)6-2)11(13-7-3)14-8-4/h6,11,16H,2,5,7-9H2,1,3-4H3. The minimum Gasteiger partial charge on any atom is -0.513 e. The van der Waals surface area contributed by atoms with Crippen LogP contribution in [-0.2, 0) is 18.7 Å². The zero-order valence-electron chi connectivity index (χ0n) is 10.4. The molecule has 0 aromatic carbocycles. The van der Waals surface area contributed by atoms with Crippen molar-refractivity contribution in [1.29, 1.82) is 0 Å². The largest absolute Gasteiger partial charge is 0.513 e. The molecular formula is C11H22O4Si. The first-order valence-corrected chi connectivity index (χ1v) is 7.71. The van der Waals surface area contributed by atoms with E-state index in [0.717, 1.165) is 12.5 Å². The highest BCUT2D eigenvalue weighted by Gasteiger charge is 2.27. The molecule has 0 aliphatic rings. The van der Waals surface area contributed by atoms with Crippen molar-refractivity contribution < 1.29 is 18.7 Å². The second-order valence-electron chi connectivity index (χ2n) is 3.25. The van der Waals surface area contributed by atoms with E-state index in [1.807, 2.05) is 13.8 Å². The maximum absolute atomic E-state index is 11.2. The van der Waals surface area contributed by atoms with E-state index < -0.39 is 9.04 Å². The molecule has 0 N–H and O–H groups in total. The molecule has 0 amide bonds.